The number of carboxylic acids is 1. The standard InChI is InChI=1S/C19H23NO3S/c1-14(19(22)23)15-9-11-16(12-10-15)20-18(21)8-4-2-3-6-17-7-5-13-24-17/h5,7,9-14H,2-4,6,8H2,1H3,(H,20,21)(H,22,23). The Morgan fingerprint density at radius 1 is 1.12 bits per heavy atom. The molecule has 4 nitrogen and oxygen atoms in total. The van der Waals surface area contributed by atoms with E-state index in [4.69, 9.17) is 5.11 Å². The molecule has 0 saturated heterocycles. The molecule has 0 radical (unpaired) electrons. The molecule has 1 atom stereocenters. The minimum atomic E-state index is -0.852. The van der Waals surface area contributed by atoms with E-state index in [9.17, 15) is 9.59 Å². The van der Waals surface area contributed by atoms with Gasteiger partial charge < -0.3 is 10.4 Å². The van der Waals surface area contributed by atoms with Crippen LogP contribution in [0.5, 0.6) is 0 Å². The Kier molecular flexibility index (Phi) is 7.00. The highest BCUT2D eigenvalue weighted by molar-refractivity contribution is 7.09. The van der Waals surface area contributed by atoms with Crippen molar-refractivity contribution in [2.24, 2.45) is 0 Å². The molecule has 1 unspecified atom stereocenters. The first kappa shape index (κ1) is 18.2. The van der Waals surface area contributed by atoms with Crippen molar-refractivity contribution in [3.63, 3.8) is 0 Å². The molecule has 1 aromatic carbocycles. The molecule has 5 heteroatoms. The van der Waals surface area contributed by atoms with E-state index in [1.165, 1.54) is 4.88 Å². The van der Waals surface area contributed by atoms with E-state index >= 15 is 0 Å². The lowest BCUT2D eigenvalue weighted by molar-refractivity contribution is -0.138. The van der Waals surface area contributed by atoms with Gasteiger partial charge in [0.05, 0.1) is 5.92 Å². The van der Waals surface area contributed by atoms with Crippen LogP contribution >= 0.6 is 11.3 Å². The molecule has 24 heavy (non-hydrogen) atoms. The van der Waals surface area contributed by atoms with Crippen molar-refractivity contribution in [3.8, 4) is 0 Å². The number of rotatable bonds is 9. The first-order chi connectivity index (χ1) is 11.6. The maximum Gasteiger partial charge on any atom is 0.310 e. The van der Waals surface area contributed by atoms with Crippen LogP contribution in [0.25, 0.3) is 0 Å². The van der Waals surface area contributed by atoms with Crippen LogP contribution < -0.4 is 5.32 Å². The lowest BCUT2D eigenvalue weighted by atomic mass is 10.0. The van der Waals surface area contributed by atoms with Gasteiger partial charge in [0.25, 0.3) is 0 Å². The molecule has 1 heterocycles. The van der Waals surface area contributed by atoms with E-state index in [1.54, 1.807) is 42.5 Å². The van der Waals surface area contributed by atoms with Crippen LogP contribution in [-0.4, -0.2) is 17.0 Å². The normalized spacial score (nSPS) is 11.9. The van der Waals surface area contributed by atoms with Gasteiger partial charge in [0.15, 0.2) is 0 Å². The number of carbonyl (C=O) groups excluding carboxylic acids is 1. The van der Waals surface area contributed by atoms with Gasteiger partial charge in [0.1, 0.15) is 0 Å². The van der Waals surface area contributed by atoms with Crippen LogP contribution in [0.1, 0.15) is 49.0 Å². The summed E-state index contributed by atoms with van der Waals surface area (Å²) in [6.07, 6.45) is 4.63. The van der Waals surface area contributed by atoms with Crippen molar-refractivity contribution in [1.82, 2.24) is 0 Å². The number of carbonyl (C=O) groups is 2. The van der Waals surface area contributed by atoms with E-state index in [0.29, 0.717) is 12.1 Å². The second kappa shape index (κ2) is 9.23. The van der Waals surface area contributed by atoms with E-state index in [1.807, 2.05) is 0 Å². The Balaban J connectivity index is 1.67. The van der Waals surface area contributed by atoms with Crippen molar-refractivity contribution in [2.45, 2.75) is 44.9 Å². The second-order valence-electron chi connectivity index (χ2n) is 5.87. The van der Waals surface area contributed by atoms with E-state index < -0.39 is 11.9 Å². The zero-order valence-corrected chi connectivity index (χ0v) is 14.6. The third kappa shape index (κ3) is 5.81. The molecule has 1 aromatic heterocycles. The van der Waals surface area contributed by atoms with Crippen LogP contribution in [0.15, 0.2) is 41.8 Å². The molecular weight excluding hydrogens is 322 g/mol. The minimum absolute atomic E-state index is 0.00477. The average Bonchev–Trinajstić information content (AvgIpc) is 3.08. The number of hydrogen-bond acceptors (Lipinski definition) is 3. The van der Waals surface area contributed by atoms with Crippen molar-refractivity contribution in [3.05, 3.63) is 52.2 Å². The molecule has 0 fully saturated rings. The molecule has 2 N–H and O–H groups in total. The molecule has 2 rings (SSSR count). The third-order valence-electron chi connectivity index (χ3n) is 3.97. The summed E-state index contributed by atoms with van der Waals surface area (Å²) in [5.41, 5.74) is 1.44. The minimum Gasteiger partial charge on any atom is -0.481 e. The topological polar surface area (TPSA) is 66.4 Å². The summed E-state index contributed by atoms with van der Waals surface area (Å²) in [5, 5.41) is 13.9. The molecular formula is C19H23NO3S. The Morgan fingerprint density at radius 3 is 2.50 bits per heavy atom. The highest BCUT2D eigenvalue weighted by Gasteiger charge is 2.13. The number of carboxylic acid groups (broad SMARTS) is 1. The SMILES string of the molecule is CC(C(=O)O)c1ccc(NC(=O)CCCCCc2cccs2)cc1. The lowest BCUT2D eigenvalue weighted by Gasteiger charge is -2.09. The van der Waals surface area contributed by atoms with Crippen molar-refractivity contribution in [2.75, 3.05) is 5.32 Å². The number of anilines is 1. The lowest BCUT2D eigenvalue weighted by Crippen LogP contribution is -2.11. The maximum atomic E-state index is 11.9. The van der Waals surface area contributed by atoms with Crippen LogP contribution in [0.4, 0.5) is 5.69 Å². The quantitative estimate of drug-likeness (QED) is 0.649. The first-order valence-corrected chi connectivity index (χ1v) is 9.09. The zero-order chi connectivity index (χ0) is 17.4. The molecule has 0 saturated carbocycles. The zero-order valence-electron chi connectivity index (χ0n) is 13.8. The predicted octanol–water partition coefficient (Wildman–Crippen LogP) is 4.68. The van der Waals surface area contributed by atoms with Gasteiger partial charge in [0, 0.05) is 17.0 Å². The van der Waals surface area contributed by atoms with E-state index in [-0.39, 0.29) is 5.91 Å². The highest BCUT2D eigenvalue weighted by Crippen LogP contribution is 2.18. The van der Waals surface area contributed by atoms with Crippen LogP contribution in [0.2, 0.25) is 0 Å². The Bertz CT molecular complexity index is 650. The molecule has 0 spiro atoms. The number of nitrogens with one attached hydrogen (secondary N) is 1. The fraction of sp³-hybridized carbons (Fsp3) is 0.368. The fourth-order valence-electron chi connectivity index (χ4n) is 2.44. The Hall–Kier alpha value is -2.14. The predicted molar refractivity (Wildman–Crippen MR) is 97.6 cm³/mol. The summed E-state index contributed by atoms with van der Waals surface area (Å²) in [6.45, 7) is 1.64. The number of unbranched alkanes of at least 4 members (excludes halogenated alkanes) is 2. The highest BCUT2D eigenvalue weighted by atomic mass is 32.1. The fourth-order valence-corrected chi connectivity index (χ4v) is 3.19. The molecule has 1 amide bonds. The van der Waals surface area contributed by atoms with Gasteiger partial charge in [0.2, 0.25) is 5.91 Å². The van der Waals surface area contributed by atoms with Crippen molar-refractivity contribution < 1.29 is 14.7 Å². The van der Waals surface area contributed by atoms with Gasteiger partial charge in [-0.15, -0.1) is 11.3 Å². The third-order valence-corrected chi connectivity index (χ3v) is 4.91. The molecule has 128 valence electrons. The van der Waals surface area contributed by atoms with E-state index in [0.717, 1.165) is 31.2 Å². The van der Waals surface area contributed by atoms with E-state index in [2.05, 4.69) is 22.8 Å². The molecule has 0 aliphatic heterocycles. The van der Waals surface area contributed by atoms with Gasteiger partial charge in [-0.1, -0.05) is 24.6 Å². The second-order valence-corrected chi connectivity index (χ2v) is 6.90. The van der Waals surface area contributed by atoms with Crippen molar-refractivity contribution >= 4 is 28.9 Å². The summed E-state index contributed by atoms with van der Waals surface area (Å²) in [6, 6.07) is 11.2. The van der Waals surface area contributed by atoms with Crippen LogP contribution in [0.3, 0.4) is 0 Å². The smallest absolute Gasteiger partial charge is 0.310 e. The first-order valence-electron chi connectivity index (χ1n) is 8.21. The number of aliphatic carboxylic acids is 1. The van der Waals surface area contributed by atoms with Gasteiger partial charge in [-0.05, 0) is 55.3 Å². The number of aryl methyl sites for hydroxylation is 1. The molecule has 0 aliphatic carbocycles. The number of hydrogen-bond donors (Lipinski definition) is 2. The van der Waals surface area contributed by atoms with Gasteiger partial charge in [-0.25, -0.2) is 0 Å². The molecule has 2 aromatic rings. The van der Waals surface area contributed by atoms with Crippen LogP contribution in [0, 0.1) is 0 Å². The van der Waals surface area contributed by atoms with Gasteiger partial charge in [-0.3, -0.25) is 9.59 Å². The molecule has 0 bridgehead atoms. The van der Waals surface area contributed by atoms with Crippen molar-refractivity contribution in [1.29, 1.82) is 0 Å². The average molecular weight is 345 g/mol. The van der Waals surface area contributed by atoms with Crippen LogP contribution in [-0.2, 0) is 16.0 Å². The number of benzene rings is 1. The summed E-state index contributed by atoms with van der Waals surface area (Å²) >= 11 is 1.78. The summed E-state index contributed by atoms with van der Waals surface area (Å²) < 4.78 is 0. The molecule has 0 aliphatic rings. The summed E-state index contributed by atoms with van der Waals surface area (Å²) in [7, 11) is 0. The summed E-state index contributed by atoms with van der Waals surface area (Å²) in [5.74, 6) is -1.39. The summed E-state index contributed by atoms with van der Waals surface area (Å²) in [4.78, 5) is 24.3. The Morgan fingerprint density at radius 2 is 1.88 bits per heavy atom. The maximum absolute atomic E-state index is 11.9. The number of amides is 1. The number of thiophene rings is 1. The Labute approximate surface area is 146 Å². The monoisotopic (exact) mass is 345 g/mol. The van der Waals surface area contributed by atoms with Gasteiger partial charge in [-0.2, -0.15) is 0 Å². The van der Waals surface area contributed by atoms with Gasteiger partial charge >= 0.3 is 5.97 Å². The largest absolute Gasteiger partial charge is 0.481 e.